The summed E-state index contributed by atoms with van der Waals surface area (Å²) in [6, 6.07) is 22.0. The Morgan fingerprint density at radius 2 is 1.68 bits per heavy atom. The van der Waals surface area contributed by atoms with Gasteiger partial charge in [0.15, 0.2) is 5.11 Å². The van der Waals surface area contributed by atoms with Crippen LogP contribution < -0.4 is 15.5 Å². The summed E-state index contributed by atoms with van der Waals surface area (Å²) < 4.78 is 2.12. The van der Waals surface area contributed by atoms with Crippen LogP contribution in [0, 0.1) is 13.8 Å². The molecule has 1 saturated heterocycles. The second-order valence-electron chi connectivity index (χ2n) is 9.24. The molecule has 0 spiro atoms. The van der Waals surface area contributed by atoms with Gasteiger partial charge >= 0.3 is 5.97 Å². The van der Waals surface area contributed by atoms with Gasteiger partial charge in [-0.1, -0.05) is 6.07 Å². The van der Waals surface area contributed by atoms with Gasteiger partial charge in [-0.15, -0.1) is 0 Å². The summed E-state index contributed by atoms with van der Waals surface area (Å²) in [5, 5.41) is 16.2. The summed E-state index contributed by atoms with van der Waals surface area (Å²) in [7, 11) is 0. The Morgan fingerprint density at radius 1 is 1.00 bits per heavy atom. The fraction of sp³-hybridized carbons (Fsp3) is 0.172. The number of amides is 1. The van der Waals surface area contributed by atoms with E-state index in [2.05, 4.69) is 38.1 Å². The van der Waals surface area contributed by atoms with Crippen molar-refractivity contribution in [1.29, 1.82) is 0 Å². The largest absolute Gasteiger partial charge is 0.478 e. The van der Waals surface area contributed by atoms with Crippen molar-refractivity contribution in [1.82, 2.24) is 14.9 Å². The number of hydrogen-bond acceptors (Lipinski definition) is 4. The first-order valence-electron chi connectivity index (χ1n) is 12.2. The highest BCUT2D eigenvalue weighted by molar-refractivity contribution is 7.80. The van der Waals surface area contributed by atoms with Crippen LogP contribution in [0.25, 0.3) is 5.69 Å². The van der Waals surface area contributed by atoms with Crippen LogP contribution in [0.15, 0.2) is 79.0 Å². The number of hydrogen-bond donors (Lipinski definition) is 3. The van der Waals surface area contributed by atoms with E-state index in [0.717, 1.165) is 34.0 Å². The maximum atomic E-state index is 11.5. The van der Waals surface area contributed by atoms with Crippen molar-refractivity contribution in [3.63, 3.8) is 0 Å². The van der Waals surface area contributed by atoms with Crippen LogP contribution in [-0.4, -0.2) is 31.6 Å². The van der Waals surface area contributed by atoms with Crippen molar-refractivity contribution < 1.29 is 14.7 Å². The Labute approximate surface area is 225 Å². The standard InChI is InChI=1S/C29H27N5O3S/c1-17-16-24(18(2)33(17)22-11-7-20(8-12-22)28(36)37)27-26(25-6-4-5-15-30-25)32-29(38)34(27)23-13-9-21(10-14-23)31-19(3)35/h4-16,26-27H,1-3H3,(H,31,35)(H,32,38)(H,36,37)/t26-,27+/m1/s1. The van der Waals surface area contributed by atoms with Crippen LogP contribution in [0.5, 0.6) is 0 Å². The van der Waals surface area contributed by atoms with E-state index >= 15 is 0 Å². The predicted molar refractivity (Wildman–Crippen MR) is 151 cm³/mol. The Balaban J connectivity index is 1.61. The predicted octanol–water partition coefficient (Wildman–Crippen LogP) is 5.32. The van der Waals surface area contributed by atoms with Crippen LogP contribution in [0.1, 0.15) is 52.0 Å². The number of benzene rings is 2. The van der Waals surface area contributed by atoms with E-state index in [0.29, 0.717) is 10.8 Å². The second kappa shape index (κ2) is 10.1. The SMILES string of the molecule is CC(=O)Nc1ccc(N2C(=S)N[C@H](c3ccccn3)[C@@H]2c2cc(C)n(-c3ccc(C(=O)O)cc3)c2C)cc1. The fourth-order valence-corrected chi connectivity index (χ4v) is 5.44. The molecule has 0 saturated carbocycles. The van der Waals surface area contributed by atoms with Gasteiger partial charge in [0.2, 0.25) is 5.91 Å². The molecule has 1 aliphatic rings. The molecule has 192 valence electrons. The van der Waals surface area contributed by atoms with E-state index in [1.807, 2.05) is 61.5 Å². The molecule has 0 bridgehead atoms. The zero-order valence-electron chi connectivity index (χ0n) is 21.2. The number of aromatic nitrogens is 2. The van der Waals surface area contributed by atoms with E-state index in [9.17, 15) is 14.7 Å². The third kappa shape index (κ3) is 4.64. The molecule has 5 rings (SSSR count). The van der Waals surface area contributed by atoms with Crippen molar-refractivity contribution >= 4 is 40.6 Å². The first-order valence-corrected chi connectivity index (χ1v) is 12.6. The number of carbonyl (C=O) groups is 2. The molecule has 0 unspecified atom stereocenters. The van der Waals surface area contributed by atoms with Crippen molar-refractivity contribution in [2.75, 3.05) is 10.2 Å². The molecule has 2 aromatic heterocycles. The number of thiocarbonyl (C=S) groups is 1. The van der Waals surface area contributed by atoms with E-state index in [1.54, 1.807) is 18.3 Å². The molecule has 0 radical (unpaired) electrons. The van der Waals surface area contributed by atoms with Gasteiger partial charge in [0.1, 0.15) is 0 Å². The molecule has 3 N–H and O–H groups in total. The topological polar surface area (TPSA) is 99.5 Å². The first kappa shape index (κ1) is 25.2. The van der Waals surface area contributed by atoms with Gasteiger partial charge in [-0.25, -0.2) is 4.79 Å². The minimum atomic E-state index is -0.956. The molecule has 8 nitrogen and oxygen atoms in total. The smallest absolute Gasteiger partial charge is 0.335 e. The minimum absolute atomic E-state index is 0.131. The molecule has 3 heterocycles. The number of pyridine rings is 1. The number of anilines is 2. The summed E-state index contributed by atoms with van der Waals surface area (Å²) >= 11 is 5.85. The number of nitrogens with one attached hydrogen (secondary N) is 2. The average molecular weight is 526 g/mol. The first-order chi connectivity index (χ1) is 18.2. The quantitative estimate of drug-likeness (QED) is 0.293. The molecule has 38 heavy (non-hydrogen) atoms. The van der Waals surface area contributed by atoms with Gasteiger partial charge in [0.05, 0.1) is 23.3 Å². The number of carbonyl (C=O) groups excluding carboxylic acids is 1. The summed E-state index contributed by atoms with van der Waals surface area (Å²) in [6.07, 6.45) is 1.77. The molecule has 0 aliphatic carbocycles. The summed E-state index contributed by atoms with van der Waals surface area (Å²) in [6.45, 7) is 5.57. The second-order valence-corrected chi connectivity index (χ2v) is 9.63. The van der Waals surface area contributed by atoms with Crippen LogP contribution >= 0.6 is 12.2 Å². The van der Waals surface area contributed by atoms with Gasteiger partial charge in [-0.05, 0) is 98.4 Å². The van der Waals surface area contributed by atoms with Crippen molar-refractivity contribution in [2.45, 2.75) is 32.9 Å². The zero-order chi connectivity index (χ0) is 27.0. The Hall–Kier alpha value is -4.50. The summed E-state index contributed by atoms with van der Waals surface area (Å²) in [5.41, 5.74) is 6.68. The van der Waals surface area contributed by atoms with Gasteiger partial charge < -0.3 is 25.2 Å². The van der Waals surface area contributed by atoms with Crippen molar-refractivity contribution in [3.05, 3.63) is 107 Å². The third-order valence-electron chi connectivity index (χ3n) is 6.73. The highest BCUT2D eigenvalue weighted by Crippen LogP contribution is 2.43. The molecule has 4 aromatic rings. The zero-order valence-corrected chi connectivity index (χ0v) is 22.0. The Morgan fingerprint density at radius 3 is 2.29 bits per heavy atom. The molecule has 1 aliphatic heterocycles. The fourth-order valence-electron chi connectivity index (χ4n) is 5.10. The monoisotopic (exact) mass is 525 g/mol. The molecular weight excluding hydrogens is 498 g/mol. The maximum Gasteiger partial charge on any atom is 0.335 e. The molecule has 2 aromatic carbocycles. The lowest BCUT2D eigenvalue weighted by atomic mass is 9.96. The van der Waals surface area contributed by atoms with Crippen LogP contribution in [0.4, 0.5) is 11.4 Å². The molecular formula is C29H27N5O3S. The van der Waals surface area contributed by atoms with E-state index in [-0.39, 0.29) is 23.6 Å². The molecule has 1 amide bonds. The van der Waals surface area contributed by atoms with E-state index < -0.39 is 5.97 Å². The number of rotatable bonds is 6. The maximum absolute atomic E-state index is 11.5. The minimum Gasteiger partial charge on any atom is -0.478 e. The number of carboxylic acid groups (broad SMARTS) is 1. The van der Waals surface area contributed by atoms with E-state index in [4.69, 9.17) is 12.2 Å². The van der Waals surface area contributed by atoms with Crippen molar-refractivity contribution in [3.8, 4) is 5.69 Å². The highest BCUT2D eigenvalue weighted by atomic mass is 32.1. The summed E-state index contributed by atoms with van der Waals surface area (Å²) in [5.74, 6) is -1.09. The number of carboxylic acids is 1. The molecule has 2 atom stereocenters. The lowest BCUT2D eigenvalue weighted by molar-refractivity contribution is -0.114. The van der Waals surface area contributed by atoms with Crippen LogP contribution in [0.2, 0.25) is 0 Å². The van der Waals surface area contributed by atoms with Crippen LogP contribution in [0.3, 0.4) is 0 Å². The van der Waals surface area contributed by atoms with Crippen molar-refractivity contribution in [2.24, 2.45) is 0 Å². The number of nitrogens with zero attached hydrogens (tertiary/aromatic N) is 3. The number of aromatic carboxylic acids is 1. The Kier molecular flexibility index (Phi) is 6.69. The number of aryl methyl sites for hydroxylation is 1. The van der Waals surface area contributed by atoms with Crippen LogP contribution in [-0.2, 0) is 4.79 Å². The van der Waals surface area contributed by atoms with E-state index in [1.165, 1.54) is 6.92 Å². The summed E-state index contributed by atoms with van der Waals surface area (Å²) in [4.78, 5) is 29.6. The van der Waals surface area contributed by atoms with Gasteiger partial charge in [-0.2, -0.15) is 0 Å². The Bertz CT molecular complexity index is 1510. The third-order valence-corrected chi connectivity index (χ3v) is 7.04. The van der Waals surface area contributed by atoms with Gasteiger partial charge in [0.25, 0.3) is 0 Å². The highest BCUT2D eigenvalue weighted by Gasteiger charge is 2.42. The lowest BCUT2D eigenvalue weighted by Crippen LogP contribution is -2.29. The average Bonchev–Trinajstić information content (AvgIpc) is 3.39. The van der Waals surface area contributed by atoms with Gasteiger partial charge in [-0.3, -0.25) is 9.78 Å². The molecule has 9 heteroatoms. The normalized spacial score (nSPS) is 16.8. The lowest BCUT2D eigenvalue weighted by Gasteiger charge is -2.28. The molecule has 1 fully saturated rings. The van der Waals surface area contributed by atoms with Gasteiger partial charge in [0, 0.05) is 41.6 Å².